The summed E-state index contributed by atoms with van der Waals surface area (Å²) < 4.78 is 7.68. The van der Waals surface area contributed by atoms with Crippen molar-refractivity contribution in [1.82, 2.24) is 9.88 Å². The third-order valence-electron chi connectivity index (χ3n) is 4.62. The van der Waals surface area contributed by atoms with E-state index >= 15 is 0 Å². The van der Waals surface area contributed by atoms with Crippen LogP contribution in [0.1, 0.15) is 31.0 Å². The predicted molar refractivity (Wildman–Crippen MR) is 78.8 cm³/mol. The van der Waals surface area contributed by atoms with Crippen molar-refractivity contribution in [3.05, 3.63) is 29.5 Å². The van der Waals surface area contributed by atoms with Gasteiger partial charge in [-0.25, -0.2) is 0 Å². The summed E-state index contributed by atoms with van der Waals surface area (Å²) in [6.45, 7) is 5.64. The number of nitrogens with one attached hydrogen (secondary N) is 1. The van der Waals surface area contributed by atoms with E-state index in [9.17, 15) is 0 Å². The lowest BCUT2D eigenvalue weighted by molar-refractivity contribution is 0.415. The summed E-state index contributed by atoms with van der Waals surface area (Å²) in [6.07, 6.45) is 2.44. The molecule has 0 bridgehead atoms. The van der Waals surface area contributed by atoms with Crippen LogP contribution < -0.4 is 10.1 Å². The molecule has 3 rings (SSSR count). The van der Waals surface area contributed by atoms with E-state index in [1.165, 1.54) is 35.0 Å². The van der Waals surface area contributed by atoms with Crippen molar-refractivity contribution in [3.8, 4) is 5.75 Å². The highest BCUT2D eigenvalue weighted by Crippen LogP contribution is 2.39. The van der Waals surface area contributed by atoms with Gasteiger partial charge >= 0.3 is 0 Å². The van der Waals surface area contributed by atoms with Crippen LogP contribution in [0, 0.1) is 6.92 Å². The fourth-order valence-corrected chi connectivity index (χ4v) is 3.48. The highest BCUT2D eigenvalue weighted by molar-refractivity contribution is 5.88. The van der Waals surface area contributed by atoms with Gasteiger partial charge in [0.25, 0.3) is 0 Å². The molecule has 0 spiro atoms. The average molecular weight is 258 g/mol. The number of methoxy groups -OCH3 is 1. The van der Waals surface area contributed by atoms with Gasteiger partial charge in [-0.1, -0.05) is 0 Å². The first-order valence-electron chi connectivity index (χ1n) is 6.95. The summed E-state index contributed by atoms with van der Waals surface area (Å²) in [5, 5.41) is 4.99. The summed E-state index contributed by atoms with van der Waals surface area (Å²) in [5.74, 6) is 0.931. The fourth-order valence-electron chi connectivity index (χ4n) is 3.48. The number of rotatable bonds is 2. The van der Waals surface area contributed by atoms with E-state index in [0.717, 1.165) is 12.3 Å². The second kappa shape index (κ2) is 4.27. The predicted octanol–water partition coefficient (Wildman–Crippen LogP) is 3.09. The van der Waals surface area contributed by atoms with Gasteiger partial charge in [0.15, 0.2) is 0 Å². The van der Waals surface area contributed by atoms with Crippen molar-refractivity contribution in [2.45, 2.75) is 32.2 Å². The summed E-state index contributed by atoms with van der Waals surface area (Å²) in [4.78, 5) is 0. The molecule has 0 radical (unpaired) electrons. The number of hydrogen-bond donors (Lipinski definition) is 1. The summed E-state index contributed by atoms with van der Waals surface area (Å²) >= 11 is 0. The van der Waals surface area contributed by atoms with Crippen molar-refractivity contribution >= 4 is 10.9 Å². The van der Waals surface area contributed by atoms with Gasteiger partial charge in [-0.2, -0.15) is 0 Å². The number of aryl methyl sites for hydroxylation is 1. The zero-order valence-electron chi connectivity index (χ0n) is 12.2. The van der Waals surface area contributed by atoms with E-state index in [1.807, 2.05) is 6.07 Å². The molecule has 19 heavy (non-hydrogen) atoms. The van der Waals surface area contributed by atoms with Gasteiger partial charge in [-0.05, 0) is 51.4 Å². The lowest BCUT2D eigenvalue weighted by Crippen LogP contribution is -2.33. The molecule has 2 heterocycles. The van der Waals surface area contributed by atoms with Crippen LogP contribution in [0.2, 0.25) is 0 Å². The largest absolute Gasteiger partial charge is 0.497 e. The van der Waals surface area contributed by atoms with Crippen molar-refractivity contribution in [1.29, 1.82) is 0 Å². The molecule has 2 aromatic rings. The normalized spacial score (nSPS) is 23.2. The first-order valence-corrected chi connectivity index (χ1v) is 6.95. The van der Waals surface area contributed by atoms with E-state index < -0.39 is 0 Å². The van der Waals surface area contributed by atoms with Gasteiger partial charge in [0, 0.05) is 34.7 Å². The first-order chi connectivity index (χ1) is 9.07. The number of benzene rings is 1. The standard InChI is InChI=1S/C16H22N2O/c1-11-15(16(2)8-5-9-17-16)13-10-12(19-4)6-7-14(13)18(11)3/h6-7,10,17H,5,8-9H2,1-4H3. The third-order valence-corrected chi connectivity index (χ3v) is 4.62. The molecule has 1 aromatic heterocycles. The average Bonchev–Trinajstić information content (AvgIpc) is 2.94. The van der Waals surface area contributed by atoms with Gasteiger partial charge in [-0.15, -0.1) is 0 Å². The van der Waals surface area contributed by atoms with Gasteiger partial charge in [0.2, 0.25) is 0 Å². The van der Waals surface area contributed by atoms with Gasteiger partial charge in [0.1, 0.15) is 5.75 Å². The van der Waals surface area contributed by atoms with Crippen LogP contribution in [-0.2, 0) is 12.6 Å². The molecule has 102 valence electrons. The van der Waals surface area contributed by atoms with Crippen molar-refractivity contribution in [3.63, 3.8) is 0 Å². The van der Waals surface area contributed by atoms with Crippen LogP contribution in [0.15, 0.2) is 18.2 Å². The maximum Gasteiger partial charge on any atom is 0.119 e. The molecule has 1 saturated heterocycles. The molecule has 3 nitrogen and oxygen atoms in total. The van der Waals surface area contributed by atoms with E-state index in [1.54, 1.807) is 7.11 Å². The highest BCUT2D eigenvalue weighted by atomic mass is 16.5. The number of aromatic nitrogens is 1. The Hall–Kier alpha value is -1.48. The van der Waals surface area contributed by atoms with Crippen molar-refractivity contribution in [2.24, 2.45) is 7.05 Å². The maximum atomic E-state index is 5.39. The Morgan fingerprint density at radius 1 is 1.37 bits per heavy atom. The van der Waals surface area contributed by atoms with E-state index in [0.29, 0.717) is 0 Å². The minimum Gasteiger partial charge on any atom is -0.497 e. The molecule has 1 aliphatic heterocycles. The van der Waals surface area contributed by atoms with Crippen molar-refractivity contribution in [2.75, 3.05) is 13.7 Å². The third kappa shape index (κ3) is 1.76. The topological polar surface area (TPSA) is 26.2 Å². The molecule has 1 N–H and O–H groups in total. The van der Waals surface area contributed by atoms with Gasteiger partial charge in [0.05, 0.1) is 7.11 Å². The maximum absolute atomic E-state index is 5.39. The number of fused-ring (bicyclic) bond motifs is 1. The molecule has 1 aromatic carbocycles. The second-order valence-electron chi connectivity index (χ2n) is 5.76. The summed E-state index contributed by atoms with van der Waals surface area (Å²) in [5.41, 5.74) is 4.15. The Morgan fingerprint density at radius 2 is 2.16 bits per heavy atom. The second-order valence-corrected chi connectivity index (χ2v) is 5.76. The lowest BCUT2D eigenvalue weighted by Gasteiger charge is -2.25. The van der Waals surface area contributed by atoms with E-state index in [-0.39, 0.29) is 5.54 Å². The molecule has 1 atom stereocenters. The van der Waals surface area contributed by atoms with E-state index in [4.69, 9.17) is 4.74 Å². The highest BCUT2D eigenvalue weighted by Gasteiger charge is 2.34. The number of hydrogen-bond acceptors (Lipinski definition) is 2. The van der Waals surface area contributed by atoms with E-state index in [2.05, 4.69) is 42.9 Å². The van der Waals surface area contributed by atoms with Crippen LogP contribution in [0.25, 0.3) is 10.9 Å². The van der Waals surface area contributed by atoms with Gasteiger partial charge < -0.3 is 14.6 Å². The number of ether oxygens (including phenoxy) is 1. The van der Waals surface area contributed by atoms with Crippen LogP contribution in [0.3, 0.4) is 0 Å². The van der Waals surface area contributed by atoms with Crippen LogP contribution >= 0.6 is 0 Å². The number of nitrogens with zero attached hydrogens (tertiary/aromatic N) is 1. The molecule has 1 fully saturated rings. The Labute approximate surface area is 114 Å². The smallest absolute Gasteiger partial charge is 0.119 e. The molecule has 1 unspecified atom stereocenters. The minimum absolute atomic E-state index is 0.0932. The van der Waals surface area contributed by atoms with Crippen LogP contribution in [0.4, 0.5) is 0 Å². The summed E-state index contributed by atoms with van der Waals surface area (Å²) in [6, 6.07) is 6.36. The molecular formula is C16H22N2O. The monoisotopic (exact) mass is 258 g/mol. The molecule has 0 saturated carbocycles. The summed E-state index contributed by atoms with van der Waals surface area (Å²) in [7, 11) is 3.87. The molecule has 1 aliphatic rings. The Kier molecular flexibility index (Phi) is 2.82. The molecule has 3 heteroatoms. The van der Waals surface area contributed by atoms with Crippen LogP contribution in [0.5, 0.6) is 5.75 Å². The molecule has 0 amide bonds. The van der Waals surface area contributed by atoms with Crippen molar-refractivity contribution < 1.29 is 4.74 Å². The Balaban J connectivity index is 2.30. The van der Waals surface area contributed by atoms with Crippen LogP contribution in [-0.4, -0.2) is 18.2 Å². The zero-order valence-corrected chi connectivity index (χ0v) is 12.2. The Morgan fingerprint density at radius 3 is 2.79 bits per heavy atom. The molecule has 0 aliphatic carbocycles. The molecular weight excluding hydrogens is 236 g/mol. The lowest BCUT2D eigenvalue weighted by atomic mass is 9.88. The Bertz CT molecular complexity index is 621. The van der Waals surface area contributed by atoms with Gasteiger partial charge in [-0.3, -0.25) is 0 Å². The quantitative estimate of drug-likeness (QED) is 0.896. The minimum atomic E-state index is 0.0932. The zero-order chi connectivity index (χ0) is 13.6. The SMILES string of the molecule is COc1ccc2c(c1)c(C1(C)CCCN1)c(C)n2C. The fraction of sp³-hybridized carbons (Fsp3) is 0.500. The first kappa shape index (κ1) is 12.5.